The second-order valence-electron chi connectivity index (χ2n) is 6.82. The van der Waals surface area contributed by atoms with Gasteiger partial charge in [0.1, 0.15) is 29.5 Å². The number of aliphatic hydroxyl groups excluding tert-OH is 1. The number of rotatable bonds is 7. The van der Waals surface area contributed by atoms with Gasteiger partial charge in [-0.2, -0.15) is 5.10 Å². The zero-order chi connectivity index (χ0) is 21.3. The number of aliphatic hydroxyl groups is 1. The van der Waals surface area contributed by atoms with Crippen molar-refractivity contribution >= 4 is 17.5 Å². The van der Waals surface area contributed by atoms with Crippen LogP contribution < -0.4 is 4.74 Å². The van der Waals surface area contributed by atoms with Gasteiger partial charge in [0.2, 0.25) is 0 Å². The van der Waals surface area contributed by atoms with Crippen LogP contribution in [0.25, 0.3) is 11.3 Å². The number of aromatic hydroxyl groups is 1. The third-order valence-electron chi connectivity index (χ3n) is 4.96. The number of benzene rings is 2. The van der Waals surface area contributed by atoms with Crippen LogP contribution in [-0.4, -0.2) is 51.0 Å². The van der Waals surface area contributed by atoms with Crippen LogP contribution in [0.1, 0.15) is 27.7 Å². The molecule has 7 nitrogen and oxygen atoms in total. The summed E-state index contributed by atoms with van der Waals surface area (Å²) in [5, 5.41) is 27.5. The quantitative estimate of drug-likeness (QED) is 0.503. The number of carbonyl (C=O) groups is 1. The number of ether oxygens (including phenoxy) is 1. The highest BCUT2D eigenvalue weighted by Gasteiger charge is 2.42. The molecule has 1 aromatic heterocycles. The first kappa shape index (κ1) is 20.0. The van der Waals surface area contributed by atoms with Crippen LogP contribution >= 0.6 is 11.6 Å². The van der Waals surface area contributed by atoms with E-state index < -0.39 is 6.04 Å². The fourth-order valence-corrected chi connectivity index (χ4v) is 3.89. The minimum absolute atomic E-state index is 0.00331. The lowest BCUT2D eigenvalue weighted by molar-refractivity contribution is 0.0706. The molecule has 0 radical (unpaired) electrons. The molecule has 1 aliphatic heterocycles. The third kappa shape index (κ3) is 3.42. The maximum atomic E-state index is 13.0. The zero-order valence-electron chi connectivity index (χ0n) is 16.0. The molecule has 0 fully saturated rings. The molecule has 3 aromatic rings. The molecule has 8 heteroatoms. The van der Waals surface area contributed by atoms with Gasteiger partial charge in [0.25, 0.3) is 5.91 Å². The Morgan fingerprint density at radius 3 is 2.90 bits per heavy atom. The van der Waals surface area contributed by atoms with Crippen molar-refractivity contribution < 1.29 is 19.7 Å². The van der Waals surface area contributed by atoms with E-state index in [2.05, 4.69) is 16.8 Å². The number of amides is 1. The Bertz CT molecular complexity index is 1110. The number of hydrogen-bond acceptors (Lipinski definition) is 5. The molecule has 0 spiro atoms. The van der Waals surface area contributed by atoms with Crippen LogP contribution in [0.5, 0.6) is 11.5 Å². The number of nitrogens with one attached hydrogen (secondary N) is 1. The standard InChI is InChI=1S/C22H20ClN3O4/c1-2-10-30-15-5-3-4-13(11-15)21-18-19(16-12-14(23)6-7-17(16)28)24-25-20(18)22(29)26(21)8-9-27/h2-7,11-12,21,27-28H,1,8-10H2,(H,24,25). The van der Waals surface area contributed by atoms with Crippen LogP contribution in [-0.2, 0) is 0 Å². The molecule has 0 bridgehead atoms. The average molecular weight is 426 g/mol. The first-order chi connectivity index (χ1) is 14.5. The molecule has 30 heavy (non-hydrogen) atoms. The molecule has 1 atom stereocenters. The molecule has 154 valence electrons. The van der Waals surface area contributed by atoms with Gasteiger partial charge < -0.3 is 19.8 Å². The number of carbonyl (C=O) groups excluding carboxylic acids is 1. The molecule has 3 N–H and O–H groups in total. The molecule has 1 aliphatic rings. The molecule has 0 saturated carbocycles. The van der Waals surface area contributed by atoms with Crippen molar-refractivity contribution in [1.29, 1.82) is 0 Å². The van der Waals surface area contributed by atoms with E-state index in [0.717, 1.165) is 5.56 Å². The molecular weight excluding hydrogens is 406 g/mol. The molecule has 1 amide bonds. The topological polar surface area (TPSA) is 98.7 Å². The van der Waals surface area contributed by atoms with Gasteiger partial charge in [-0.3, -0.25) is 9.89 Å². The Morgan fingerprint density at radius 2 is 2.13 bits per heavy atom. The number of phenols is 1. The number of aromatic nitrogens is 2. The molecule has 4 rings (SSSR count). The second-order valence-corrected chi connectivity index (χ2v) is 7.26. The highest BCUT2D eigenvalue weighted by atomic mass is 35.5. The van der Waals surface area contributed by atoms with E-state index in [1.165, 1.54) is 6.07 Å². The summed E-state index contributed by atoms with van der Waals surface area (Å²) in [5.41, 5.74) is 2.58. The Hall–Kier alpha value is -3.29. The van der Waals surface area contributed by atoms with E-state index in [1.54, 1.807) is 23.1 Å². The predicted molar refractivity (Wildman–Crippen MR) is 113 cm³/mol. The normalized spacial score (nSPS) is 15.3. The van der Waals surface area contributed by atoms with E-state index >= 15 is 0 Å². The number of hydrogen-bond donors (Lipinski definition) is 3. The largest absolute Gasteiger partial charge is 0.507 e. The van der Waals surface area contributed by atoms with Gasteiger partial charge in [0.05, 0.1) is 12.6 Å². The number of H-pyrrole nitrogens is 1. The zero-order valence-corrected chi connectivity index (χ0v) is 16.8. The Labute approximate surface area is 178 Å². The van der Waals surface area contributed by atoms with Crippen LogP contribution in [0.3, 0.4) is 0 Å². The van der Waals surface area contributed by atoms with Crippen molar-refractivity contribution in [1.82, 2.24) is 15.1 Å². The summed E-state index contributed by atoms with van der Waals surface area (Å²) in [6.07, 6.45) is 1.65. The van der Waals surface area contributed by atoms with Crippen LogP contribution in [0.15, 0.2) is 55.1 Å². The highest BCUT2D eigenvalue weighted by molar-refractivity contribution is 6.31. The summed E-state index contributed by atoms with van der Waals surface area (Å²) in [4.78, 5) is 14.6. The SMILES string of the molecule is C=CCOc1cccc(C2c3c(-c4cc(Cl)ccc4O)n[nH]c3C(=O)N2CCO)c1. The molecule has 2 heterocycles. The first-order valence-electron chi connectivity index (χ1n) is 9.37. The second kappa shape index (κ2) is 8.22. The molecular formula is C22H20ClN3O4. The smallest absolute Gasteiger partial charge is 0.273 e. The molecule has 1 unspecified atom stereocenters. The number of nitrogens with zero attached hydrogens (tertiary/aromatic N) is 2. The van der Waals surface area contributed by atoms with Crippen molar-refractivity contribution in [2.24, 2.45) is 0 Å². The maximum absolute atomic E-state index is 13.0. The van der Waals surface area contributed by atoms with E-state index in [4.69, 9.17) is 16.3 Å². The van der Waals surface area contributed by atoms with Crippen LogP contribution in [0.2, 0.25) is 5.02 Å². The minimum Gasteiger partial charge on any atom is -0.507 e. The van der Waals surface area contributed by atoms with Gasteiger partial charge in [-0.15, -0.1) is 0 Å². The van der Waals surface area contributed by atoms with Gasteiger partial charge in [-0.25, -0.2) is 0 Å². The molecule has 0 saturated heterocycles. The third-order valence-corrected chi connectivity index (χ3v) is 5.20. The van der Waals surface area contributed by atoms with Crippen molar-refractivity contribution in [3.63, 3.8) is 0 Å². The number of β-amino-alcohol motifs (C(OH)–C–C–N with tert-alkyl or cyclic N) is 1. The fourth-order valence-electron chi connectivity index (χ4n) is 3.71. The summed E-state index contributed by atoms with van der Waals surface area (Å²) >= 11 is 6.13. The monoisotopic (exact) mass is 425 g/mol. The van der Waals surface area contributed by atoms with Gasteiger partial charge in [-0.05, 0) is 35.9 Å². The summed E-state index contributed by atoms with van der Waals surface area (Å²) in [6.45, 7) is 3.96. The predicted octanol–water partition coefficient (Wildman–Crippen LogP) is 3.54. The Kier molecular flexibility index (Phi) is 5.48. The van der Waals surface area contributed by atoms with Crippen molar-refractivity contribution in [2.45, 2.75) is 6.04 Å². The summed E-state index contributed by atoms with van der Waals surface area (Å²) in [7, 11) is 0. The van der Waals surface area contributed by atoms with Crippen LogP contribution in [0.4, 0.5) is 0 Å². The van der Waals surface area contributed by atoms with E-state index in [1.807, 2.05) is 24.3 Å². The highest BCUT2D eigenvalue weighted by Crippen LogP contribution is 2.45. The van der Waals surface area contributed by atoms with Crippen molar-refractivity contribution in [3.05, 3.63) is 77.0 Å². The summed E-state index contributed by atoms with van der Waals surface area (Å²) in [5.74, 6) is 0.359. The first-order valence-corrected chi connectivity index (χ1v) is 9.75. The lowest BCUT2D eigenvalue weighted by Crippen LogP contribution is -2.32. The van der Waals surface area contributed by atoms with E-state index in [-0.39, 0.29) is 24.8 Å². The molecule has 2 aromatic carbocycles. The Morgan fingerprint density at radius 1 is 1.30 bits per heavy atom. The molecule has 0 aliphatic carbocycles. The minimum atomic E-state index is -0.515. The average Bonchev–Trinajstić information content (AvgIpc) is 3.28. The maximum Gasteiger partial charge on any atom is 0.273 e. The number of fused-ring (bicyclic) bond motifs is 1. The van der Waals surface area contributed by atoms with Crippen molar-refractivity contribution in [3.8, 4) is 22.8 Å². The van der Waals surface area contributed by atoms with E-state index in [9.17, 15) is 15.0 Å². The lowest BCUT2D eigenvalue weighted by Gasteiger charge is -2.26. The summed E-state index contributed by atoms with van der Waals surface area (Å²) in [6, 6.07) is 11.5. The van der Waals surface area contributed by atoms with Crippen LogP contribution in [0, 0.1) is 0 Å². The number of phenolic OH excluding ortho intramolecular Hbond substituents is 1. The Balaban J connectivity index is 1.87. The summed E-state index contributed by atoms with van der Waals surface area (Å²) < 4.78 is 5.64. The fraction of sp³-hybridized carbons (Fsp3) is 0.182. The van der Waals surface area contributed by atoms with Gasteiger partial charge in [-0.1, -0.05) is 36.4 Å². The van der Waals surface area contributed by atoms with E-state index in [0.29, 0.717) is 39.9 Å². The number of aromatic amines is 1. The van der Waals surface area contributed by atoms with Gasteiger partial charge in [0.15, 0.2) is 0 Å². The number of halogens is 1. The lowest BCUT2D eigenvalue weighted by atomic mass is 9.95. The van der Waals surface area contributed by atoms with Crippen molar-refractivity contribution in [2.75, 3.05) is 19.8 Å². The van der Waals surface area contributed by atoms with Gasteiger partial charge >= 0.3 is 0 Å². The van der Waals surface area contributed by atoms with Gasteiger partial charge in [0, 0.05) is 22.7 Å².